The first kappa shape index (κ1) is 28.9. The molecule has 0 spiro atoms. The van der Waals surface area contributed by atoms with Gasteiger partial charge in [0, 0.05) is 55.8 Å². The van der Waals surface area contributed by atoms with Crippen LogP contribution in [-0.4, -0.2) is 69.9 Å². The molecular weight excluding hydrogens is 524 g/mol. The topological polar surface area (TPSA) is 100 Å². The minimum Gasteiger partial charge on any atom is -0.494 e. The number of carbonyl (C=O) groups excluding carboxylic acids is 1. The molecule has 0 saturated carbocycles. The maximum atomic E-state index is 12.4. The van der Waals surface area contributed by atoms with Gasteiger partial charge in [0.05, 0.1) is 41.6 Å². The smallest absolute Gasteiger partial charge is 0.247 e. The van der Waals surface area contributed by atoms with E-state index in [9.17, 15) is 4.79 Å². The van der Waals surface area contributed by atoms with Crippen LogP contribution >= 0.6 is 13.5 Å². The lowest BCUT2D eigenvalue weighted by Gasteiger charge is -2.41. The molecule has 1 aliphatic heterocycles. The molecule has 0 aliphatic carbocycles. The average Bonchev–Trinajstić information content (AvgIpc) is 3.33. The number of ether oxygens (including phenoxy) is 1. The Balaban J connectivity index is 0.00000370. The molecule has 1 aliphatic rings. The quantitative estimate of drug-likeness (QED) is 0.303. The van der Waals surface area contributed by atoms with Gasteiger partial charge < -0.3 is 20.3 Å². The number of nitrogens with zero attached hydrogens (tertiary/aromatic N) is 6. The first-order valence-electron chi connectivity index (χ1n) is 13.1. The summed E-state index contributed by atoms with van der Waals surface area (Å²) in [4.78, 5) is 26.0. The summed E-state index contributed by atoms with van der Waals surface area (Å²) in [6, 6.07) is 12.2. The number of amides is 1. The normalized spacial score (nSPS) is 15.4. The number of hydrogen-bond donors (Lipinski definition) is 2. The molecule has 10 nitrogen and oxygen atoms in total. The number of nitrogens with one attached hydrogen (secondary N) is 2. The van der Waals surface area contributed by atoms with Crippen molar-refractivity contribution in [3.8, 4) is 17.0 Å². The van der Waals surface area contributed by atoms with Crippen LogP contribution in [0, 0.1) is 0 Å². The fourth-order valence-electron chi connectivity index (χ4n) is 5.09. The van der Waals surface area contributed by atoms with Gasteiger partial charge in [0.2, 0.25) is 5.91 Å². The highest BCUT2D eigenvalue weighted by atomic mass is 32.1. The molecule has 2 aromatic heterocycles. The van der Waals surface area contributed by atoms with E-state index in [0.29, 0.717) is 29.0 Å². The summed E-state index contributed by atoms with van der Waals surface area (Å²) in [5, 5.41) is 11.7. The molecule has 0 unspecified atom stereocenters. The van der Waals surface area contributed by atoms with Crippen molar-refractivity contribution in [1.82, 2.24) is 24.6 Å². The van der Waals surface area contributed by atoms with Crippen molar-refractivity contribution in [3.63, 3.8) is 0 Å². The Hall–Kier alpha value is -4.09. The van der Waals surface area contributed by atoms with Crippen LogP contribution in [0.2, 0.25) is 0 Å². The minimum atomic E-state index is -0.275. The van der Waals surface area contributed by atoms with E-state index >= 15 is 0 Å². The second kappa shape index (κ2) is 12.4. The SMILES string of the molecule is C=CC(=O)Nc1cc(Nc2cc(-c3ccc4cnn(C)c4c3)ncn2)c(OC)cc1N1CCN(CC)[C@@H](C)C1.S. The summed E-state index contributed by atoms with van der Waals surface area (Å²) in [7, 11) is 3.56. The van der Waals surface area contributed by atoms with Gasteiger partial charge in [-0.25, -0.2) is 9.97 Å². The lowest BCUT2D eigenvalue weighted by atomic mass is 10.1. The number of anilines is 4. The molecule has 1 saturated heterocycles. The molecule has 4 aromatic rings. The standard InChI is InChI=1S/C29H34N8O2.H2S/c1-6-29(38)34-23-13-24(27(39-5)15-26(23)37-11-10-36(7-2)19(3)17-37)33-28-14-22(30-18-31-28)20-8-9-21-16-32-35(4)25(21)12-20;/h6,8-9,12-16,18-19H,1,7,10-11,17H2,2-5H3,(H,34,38)(H,30,31,33);1H2/t19-;/m0./s1. The van der Waals surface area contributed by atoms with Gasteiger partial charge in [-0.3, -0.25) is 14.4 Å². The fraction of sp³-hybridized carbons (Fsp3) is 0.310. The molecule has 210 valence electrons. The van der Waals surface area contributed by atoms with E-state index in [1.54, 1.807) is 7.11 Å². The van der Waals surface area contributed by atoms with Crippen LogP contribution in [0.5, 0.6) is 5.75 Å². The van der Waals surface area contributed by atoms with Gasteiger partial charge >= 0.3 is 0 Å². The molecule has 11 heteroatoms. The molecule has 2 N–H and O–H groups in total. The maximum absolute atomic E-state index is 12.4. The Labute approximate surface area is 241 Å². The monoisotopic (exact) mass is 560 g/mol. The fourth-order valence-corrected chi connectivity index (χ4v) is 5.09. The Bertz CT molecular complexity index is 1520. The van der Waals surface area contributed by atoms with Crippen LogP contribution in [0.4, 0.5) is 22.9 Å². The lowest BCUT2D eigenvalue weighted by Crippen LogP contribution is -2.51. The van der Waals surface area contributed by atoms with Gasteiger partial charge in [0.25, 0.3) is 0 Å². The van der Waals surface area contributed by atoms with E-state index in [1.165, 1.54) is 12.4 Å². The second-order valence-electron chi connectivity index (χ2n) is 9.64. The Morgan fingerprint density at radius 1 is 1.18 bits per heavy atom. The third kappa shape index (κ3) is 5.90. The van der Waals surface area contributed by atoms with Crippen molar-refractivity contribution in [3.05, 3.63) is 61.6 Å². The van der Waals surface area contributed by atoms with Gasteiger partial charge in [-0.2, -0.15) is 18.6 Å². The molecule has 2 aromatic carbocycles. The Morgan fingerprint density at radius 3 is 2.73 bits per heavy atom. The van der Waals surface area contributed by atoms with E-state index in [0.717, 1.165) is 54.0 Å². The average molecular weight is 561 g/mol. The van der Waals surface area contributed by atoms with Crippen molar-refractivity contribution in [2.45, 2.75) is 19.9 Å². The summed E-state index contributed by atoms with van der Waals surface area (Å²) in [5.41, 5.74) is 5.01. The highest BCUT2D eigenvalue weighted by molar-refractivity contribution is 7.59. The zero-order valence-corrected chi connectivity index (χ0v) is 24.3. The number of methoxy groups -OCH3 is 1. The van der Waals surface area contributed by atoms with Crippen LogP contribution in [0.1, 0.15) is 13.8 Å². The van der Waals surface area contributed by atoms with E-state index < -0.39 is 0 Å². The lowest BCUT2D eigenvalue weighted by molar-refractivity contribution is -0.111. The van der Waals surface area contributed by atoms with Crippen molar-refractivity contribution in [2.24, 2.45) is 7.05 Å². The number of aromatic nitrogens is 4. The highest BCUT2D eigenvalue weighted by Gasteiger charge is 2.26. The molecule has 40 heavy (non-hydrogen) atoms. The second-order valence-corrected chi connectivity index (χ2v) is 9.64. The Kier molecular flexibility index (Phi) is 8.96. The van der Waals surface area contributed by atoms with Crippen LogP contribution in [0.25, 0.3) is 22.2 Å². The predicted molar refractivity (Wildman–Crippen MR) is 166 cm³/mol. The van der Waals surface area contributed by atoms with Gasteiger partial charge in [0.15, 0.2) is 0 Å². The van der Waals surface area contributed by atoms with E-state index in [4.69, 9.17) is 4.74 Å². The molecule has 0 bridgehead atoms. The zero-order chi connectivity index (χ0) is 27.5. The van der Waals surface area contributed by atoms with Crippen LogP contribution < -0.4 is 20.3 Å². The number of fused-ring (bicyclic) bond motifs is 1. The predicted octanol–water partition coefficient (Wildman–Crippen LogP) is 4.55. The van der Waals surface area contributed by atoms with Crippen molar-refractivity contribution < 1.29 is 9.53 Å². The molecule has 1 fully saturated rings. The number of carbonyl (C=O) groups is 1. The van der Waals surface area contributed by atoms with E-state index in [1.807, 2.05) is 48.3 Å². The van der Waals surface area contributed by atoms with Crippen LogP contribution in [-0.2, 0) is 11.8 Å². The van der Waals surface area contributed by atoms with Crippen LogP contribution in [0.3, 0.4) is 0 Å². The number of piperazine rings is 1. The third-order valence-corrected chi connectivity index (χ3v) is 7.25. The number of rotatable bonds is 8. The van der Waals surface area contributed by atoms with Crippen LogP contribution in [0.15, 0.2) is 61.6 Å². The molecule has 5 rings (SSSR count). The molecule has 1 atom stereocenters. The highest BCUT2D eigenvalue weighted by Crippen LogP contribution is 2.39. The zero-order valence-electron chi connectivity index (χ0n) is 23.3. The third-order valence-electron chi connectivity index (χ3n) is 7.25. The molecular formula is C29H36N8O2S. The maximum Gasteiger partial charge on any atom is 0.247 e. The van der Waals surface area contributed by atoms with Gasteiger partial charge in [-0.05, 0) is 31.7 Å². The molecule has 0 radical (unpaired) electrons. The van der Waals surface area contributed by atoms with E-state index in [2.05, 4.69) is 62.0 Å². The largest absolute Gasteiger partial charge is 0.494 e. The van der Waals surface area contributed by atoms with E-state index in [-0.39, 0.29) is 19.4 Å². The summed E-state index contributed by atoms with van der Waals surface area (Å²) in [6.45, 7) is 11.7. The van der Waals surface area contributed by atoms with Gasteiger partial charge in [-0.1, -0.05) is 25.6 Å². The Morgan fingerprint density at radius 2 is 2.00 bits per heavy atom. The number of benzene rings is 2. The summed E-state index contributed by atoms with van der Waals surface area (Å²) in [6.07, 6.45) is 4.64. The van der Waals surface area contributed by atoms with Crippen molar-refractivity contribution in [2.75, 3.05) is 48.8 Å². The number of likely N-dealkylation sites (N-methyl/N-ethyl adjacent to an activating group) is 1. The van der Waals surface area contributed by atoms with Gasteiger partial charge in [-0.15, -0.1) is 0 Å². The number of aryl methyl sites for hydroxylation is 1. The summed E-state index contributed by atoms with van der Waals surface area (Å²) >= 11 is 0. The first-order chi connectivity index (χ1) is 18.9. The summed E-state index contributed by atoms with van der Waals surface area (Å²) < 4.78 is 7.63. The van der Waals surface area contributed by atoms with Crippen molar-refractivity contribution >= 4 is 53.2 Å². The summed E-state index contributed by atoms with van der Waals surface area (Å²) in [5.74, 6) is 0.966. The number of hydrogen-bond acceptors (Lipinski definition) is 8. The molecule has 3 heterocycles. The van der Waals surface area contributed by atoms with Gasteiger partial charge in [0.1, 0.15) is 17.9 Å². The molecule has 1 amide bonds. The minimum absolute atomic E-state index is 0. The first-order valence-corrected chi connectivity index (χ1v) is 13.1. The van der Waals surface area contributed by atoms with Crippen molar-refractivity contribution in [1.29, 1.82) is 0 Å².